The summed E-state index contributed by atoms with van der Waals surface area (Å²) >= 11 is 0. The van der Waals surface area contributed by atoms with Crippen molar-refractivity contribution in [1.29, 1.82) is 0 Å². The van der Waals surface area contributed by atoms with Gasteiger partial charge in [0.15, 0.2) is 0 Å². The van der Waals surface area contributed by atoms with Crippen LogP contribution in [-0.4, -0.2) is 44.7 Å². The second-order valence-corrected chi connectivity index (χ2v) is 4.63. The van der Waals surface area contributed by atoms with Crippen LogP contribution in [-0.2, 0) is 9.53 Å². The van der Waals surface area contributed by atoms with Crippen LogP contribution in [0.25, 0.3) is 0 Å². The molecular weight excluding hydrogens is 228 g/mol. The van der Waals surface area contributed by atoms with Crippen LogP contribution in [0.15, 0.2) is 24.3 Å². The number of likely N-dealkylation sites (N-methyl/N-ethyl adjacent to an activating group) is 1. The van der Waals surface area contributed by atoms with Gasteiger partial charge in [-0.15, -0.1) is 0 Å². The lowest BCUT2D eigenvalue weighted by Crippen LogP contribution is -2.33. The van der Waals surface area contributed by atoms with Crippen molar-refractivity contribution < 1.29 is 9.53 Å². The van der Waals surface area contributed by atoms with Gasteiger partial charge in [0, 0.05) is 39.5 Å². The average molecular weight is 248 g/mol. The number of para-hydroxylation sites is 1. The fourth-order valence-electron chi connectivity index (χ4n) is 2.33. The normalized spacial score (nSPS) is 17.1. The minimum atomic E-state index is -0.0475. The molecule has 0 saturated heterocycles. The molecule has 4 nitrogen and oxygen atoms in total. The molecule has 1 amide bonds. The zero-order chi connectivity index (χ0) is 13.0. The Kier molecular flexibility index (Phi) is 4.20. The van der Waals surface area contributed by atoms with E-state index in [-0.39, 0.29) is 11.8 Å². The summed E-state index contributed by atoms with van der Waals surface area (Å²) in [7, 11) is 3.54. The largest absolute Gasteiger partial charge is 0.385 e. The van der Waals surface area contributed by atoms with Gasteiger partial charge in [-0.05, 0) is 18.1 Å². The molecule has 1 aromatic rings. The standard InChI is InChI=1S/C14H20N2O2/c1-16(8-5-9-18-2)14(17)12-10-15-13-7-4-3-6-11(12)13/h3-4,6-7,12,15H,5,8-10H2,1-2H3. The number of methoxy groups -OCH3 is 1. The number of hydrogen-bond donors (Lipinski definition) is 1. The van der Waals surface area contributed by atoms with E-state index in [0.29, 0.717) is 13.2 Å². The number of nitrogens with zero attached hydrogens (tertiary/aromatic N) is 1. The number of ether oxygens (including phenoxy) is 1. The van der Waals surface area contributed by atoms with Crippen molar-refractivity contribution in [3.05, 3.63) is 29.8 Å². The third-order valence-corrected chi connectivity index (χ3v) is 3.35. The van der Waals surface area contributed by atoms with Gasteiger partial charge in [-0.1, -0.05) is 18.2 Å². The van der Waals surface area contributed by atoms with Crippen LogP contribution in [0.5, 0.6) is 0 Å². The van der Waals surface area contributed by atoms with Crippen molar-refractivity contribution in [1.82, 2.24) is 4.90 Å². The molecule has 1 aliphatic heterocycles. The average Bonchev–Trinajstić information content (AvgIpc) is 2.82. The van der Waals surface area contributed by atoms with Gasteiger partial charge in [0.2, 0.25) is 5.91 Å². The summed E-state index contributed by atoms with van der Waals surface area (Å²) in [6.07, 6.45) is 0.876. The van der Waals surface area contributed by atoms with Crippen LogP contribution in [0.1, 0.15) is 17.9 Å². The molecule has 0 fully saturated rings. The number of hydrogen-bond acceptors (Lipinski definition) is 3. The fourth-order valence-corrected chi connectivity index (χ4v) is 2.33. The van der Waals surface area contributed by atoms with E-state index in [2.05, 4.69) is 5.32 Å². The smallest absolute Gasteiger partial charge is 0.231 e. The SMILES string of the molecule is COCCCN(C)C(=O)C1CNc2ccccc21. The fraction of sp³-hybridized carbons (Fsp3) is 0.500. The van der Waals surface area contributed by atoms with E-state index in [1.807, 2.05) is 31.3 Å². The van der Waals surface area contributed by atoms with E-state index < -0.39 is 0 Å². The Morgan fingerprint density at radius 3 is 3.06 bits per heavy atom. The summed E-state index contributed by atoms with van der Waals surface area (Å²) < 4.78 is 5.00. The quantitative estimate of drug-likeness (QED) is 0.806. The molecule has 1 unspecified atom stereocenters. The molecule has 1 heterocycles. The first-order valence-corrected chi connectivity index (χ1v) is 6.30. The maximum atomic E-state index is 12.3. The highest BCUT2D eigenvalue weighted by Crippen LogP contribution is 2.31. The van der Waals surface area contributed by atoms with Crippen LogP contribution in [0, 0.1) is 0 Å². The van der Waals surface area contributed by atoms with Gasteiger partial charge >= 0.3 is 0 Å². The molecule has 0 spiro atoms. The topological polar surface area (TPSA) is 41.6 Å². The van der Waals surface area contributed by atoms with Crippen molar-refractivity contribution in [2.75, 3.05) is 39.2 Å². The number of anilines is 1. The molecule has 1 aliphatic rings. The van der Waals surface area contributed by atoms with Crippen LogP contribution in [0.4, 0.5) is 5.69 Å². The van der Waals surface area contributed by atoms with Crippen molar-refractivity contribution in [2.24, 2.45) is 0 Å². The summed E-state index contributed by atoms with van der Waals surface area (Å²) in [6, 6.07) is 8.02. The number of rotatable bonds is 5. The van der Waals surface area contributed by atoms with E-state index in [1.54, 1.807) is 12.0 Å². The summed E-state index contributed by atoms with van der Waals surface area (Å²) in [5.41, 5.74) is 2.20. The van der Waals surface area contributed by atoms with Gasteiger partial charge in [0.05, 0.1) is 5.92 Å². The van der Waals surface area contributed by atoms with Gasteiger partial charge in [0.25, 0.3) is 0 Å². The molecule has 18 heavy (non-hydrogen) atoms. The molecule has 1 aromatic carbocycles. The van der Waals surface area contributed by atoms with Gasteiger partial charge in [-0.3, -0.25) is 4.79 Å². The van der Waals surface area contributed by atoms with Crippen LogP contribution < -0.4 is 5.32 Å². The number of nitrogens with one attached hydrogen (secondary N) is 1. The third kappa shape index (κ3) is 2.64. The first-order chi connectivity index (χ1) is 8.74. The van der Waals surface area contributed by atoms with E-state index in [1.165, 1.54) is 0 Å². The highest BCUT2D eigenvalue weighted by molar-refractivity contribution is 5.88. The van der Waals surface area contributed by atoms with Crippen molar-refractivity contribution in [3.63, 3.8) is 0 Å². The van der Waals surface area contributed by atoms with E-state index in [9.17, 15) is 4.79 Å². The summed E-state index contributed by atoms with van der Waals surface area (Å²) in [5, 5.41) is 3.28. The Morgan fingerprint density at radius 1 is 1.50 bits per heavy atom. The number of carbonyl (C=O) groups is 1. The van der Waals surface area contributed by atoms with E-state index in [0.717, 1.165) is 24.2 Å². The summed E-state index contributed by atoms with van der Waals surface area (Å²) in [5.74, 6) is 0.136. The molecule has 98 valence electrons. The first kappa shape index (κ1) is 12.9. The number of amides is 1. The molecule has 0 bridgehead atoms. The van der Waals surface area contributed by atoms with Crippen LogP contribution in [0.2, 0.25) is 0 Å². The lowest BCUT2D eigenvalue weighted by Gasteiger charge is -2.21. The second-order valence-electron chi connectivity index (χ2n) is 4.63. The summed E-state index contributed by atoms with van der Waals surface area (Å²) in [4.78, 5) is 14.1. The van der Waals surface area contributed by atoms with E-state index >= 15 is 0 Å². The highest BCUT2D eigenvalue weighted by atomic mass is 16.5. The zero-order valence-electron chi connectivity index (χ0n) is 11.0. The Balaban J connectivity index is 1.98. The maximum Gasteiger partial charge on any atom is 0.231 e. The van der Waals surface area contributed by atoms with Crippen LogP contribution >= 0.6 is 0 Å². The van der Waals surface area contributed by atoms with Gasteiger partial charge in [0.1, 0.15) is 0 Å². The molecule has 0 aliphatic carbocycles. The predicted octanol–water partition coefficient (Wildman–Crippen LogP) is 1.69. The Bertz CT molecular complexity index is 420. The van der Waals surface area contributed by atoms with Gasteiger partial charge in [-0.2, -0.15) is 0 Å². The maximum absolute atomic E-state index is 12.3. The second kappa shape index (κ2) is 5.87. The Hall–Kier alpha value is -1.55. The molecule has 0 saturated carbocycles. The van der Waals surface area contributed by atoms with Gasteiger partial charge < -0.3 is 15.0 Å². The molecule has 1 N–H and O–H groups in total. The molecule has 0 aromatic heterocycles. The minimum Gasteiger partial charge on any atom is -0.385 e. The van der Waals surface area contributed by atoms with E-state index in [4.69, 9.17) is 4.74 Å². The predicted molar refractivity (Wildman–Crippen MR) is 71.8 cm³/mol. The molecule has 4 heteroatoms. The monoisotopic (exact) mass is 248 g/mol. The van der Waals surface area contributed by atoms with Crippen molar-refractivity contribution in [3.8, 4) is 0 Å². The number of carbonyl (C=O) groups excluding carboxylic acids is 1. The zero-order valence-corrected chi connectivity index (χ0v) is 11.0. The minimum absolute atomic E-state index is 0.0475. The lowest BCUT2D eigenvalue weighted by atomic mass is 10.00. The Labute approximate surface area is 108 Å². The third-order valence-electron chi connectivity index (χ3n) is 3.35. The highest BCUT2D eigenvalue weighted by Gasteiger charge is 2.29. The Morgan fingerprint density at radius 2 is 2.28 bits per heavy atom. The number of benzene rings is 1. The van der Waals surface area contributed by atoms with Crippen molar-refractivity contribution in [2.45, 2.75) is 12.3 Å². The van der Waals surface area contributed by atoms with Gasteiger partial charge in [-0.25, -0.2) is 0 Å². The molecule has 2 rings (SSSR count). The lowest BCUT2D eigenvalue weighted by molar-refractivity contribution is -0.131. The molecule has 1 atom stereocenters. The van der Waals surface area contributed by atoms with Crippen LogP contribution in [0.3, 0.4) is 0 Å². The summed E-state index contributed by atoms with van der Waals surface area (Å²) in [6.45, 7) is 2.13. The number of fused-ring (bicyclic) bond motifs is 1. The molecular formula is C14H20N2O2. The van der Waals surface area contributed by atoms with Crippen molar-refractivity contribution >= 4 is 11.6 Å². The first-order valence-electron chi connectivity index (χ1n) is 6.30. The molecule has 0 radical (unpaired) electrons.